The van der Waals surface area contributed by atoms with Crippen molar-refractivity contribution in [3.05, 3.63) is 57.2 Å². The number of aryl methyl sites for hydroxylation is 3. The number of nitrogens with one attached hydrogen (secondary N) is 1. The van der Waals surface area contributed by atoms with Gasteiger partial charge >= 0.3 is 0 Å². The standard InChI is InChI=1S/C19H19ClN2O3S/c1-11-7-14(8-12(2)18(11)20)25-10-17(23)21-9-16-13(3)22-19(26-16)15-5-4-6-24-15/h4-8H,9-10H2,1-3H3,(H,21,23). The highest BCUT2D eigenvalue weighted by Gasteiger charge is 2.13. The van der Waals surface area contributed by atoms with Gasteiger partial charge in [-0.2, -0.15) is 0 Å². The van der Waals surface area contributed by atoms with Crippen molar-refractivity contribution in [2.75, 3.05) is 6.61 Å². The second-order valence-corrected chi connectivity index (χ2v) is 7.40. The van der Waals surface area contributed by atoms with Gasteiger partial charge < -0.3 is 14.5 Å². The molecule has 26 heavy (non-hydrogen) atoms. The minimum atomic E-state index is -0.192. The third kappa shape index (κ3) is 4.26. The van der Waals surface area contributed by atoms with Crippen LogP contribution in [0.2, 0.25) is 5.02 Å². The molecule has 136 valence electrons. The van der Waals surface area contributed by atoms with E-state index in [0.717, 1.165) is 37.5 Å². The first kappa shape index (κ1) is 18.5. The number of amides is 1. The molecule has 1 amide bonds. The van der Waals surface area contributed by atoms with Crippen molar-refractivity contribution in [1.29, 1.82) is 0 Å². The fourth-order valence-electron chi connectivity index (χ4n) is 2.47. The predicted octanol–water partition coefficient (Wildman–Crippen LogP) is 4.68. The highest BCUT2D eigenvalue weighted by Crippen LogP contribution is 2.28. The van der Waals surface area contributed by atoms with Gasteiger partial charge in [0, 0.05) is 9.90 Å². The van der Waals surface area contributed by atoms with Crippen LogP contribution in [0.3, 0.4) is 0 Å². The van der Waals surface area contributed by atoms with Gasteiger partial charge in [-0.25, -0.2) is 4.98 Å². The molecule has 5 nitrogen and oxygen atoms in total. The van der Waals surface area contributed by atoms with Gasteiger partial charge in [0.05, 0.1) is 18.5 Å². The minimum Gasteiger partial charge on any atom is -0.484 e. The normalized spacial score (nSPS) is 10.8. The summed E-state index contributed by atoms with van der Waals surface area (Å²) < 4.78 is 10.9. The molecule has 0 unspecified atom stereocenters. The molecule has 1 aromatic carbocycles. The SMILES string of the molecule is Cc1cc(OCC(=O)NCc2sc(-c3ccco3)nc2C)cc(C)c1Cl. The molecule has 0 saturated carbocycles. The van der Waals surface area contributed by atoms with Crippen molar-refractivity contribution in [1.82, 2.24) is 10.3 Å². The van der Waals surface area contributed by atoms with Crippen molar-refractivity contribution < 1.29 is 13.9 Å². The van der Waals surface area contributed by atoms with Crippen molar-refractivity contribution >= 4 is 28.8 Å². The van der Waals surface area contributed by atoms with Gasteiger partial charge in [0.1, 0.15) is 5.75 Å². The Bertz CT molecular complexity index is 896. The molecule has 0 radical (unpaired) electrons. The summed E-state index contributed by atoms with van der Waals surface area (Å²) in [7, 11) is 0. The highest BCUT2D eigenvalue weighted by atomic mass is 35.5. The lowest BCUT2D eigenvalue weighted by molar-refractivity contribution is -0.123. The number of furan rings is 1. The van der Waals surface area contributed by atoms with E-state index in [2.05, 4.69) is 10.3 Å². The van der Waals surface area contributed by atoms with Crippen LogP contribution in [0.1, 0.15) is 21.7 Å². The molecular weight excluding hydrogens is 372 g/mol. The molecule has 1 N–H and O–H groups in total. The van der Waals surface area contributed by atoms with Crippen LogP contribution in [-0.4, -0.2) is 17.5 Å². The zero-order valence-corrected chi connectivity index (χ0v) is 16.3. The van der Waals surface area contributed by atoms with Crippen LogP contribution < -0.4 is 10.1 Å². The van der Waals surface area contributed by atoms with E-state index < -0.39 is 0 Å². The van der Waals surface area contributed by atoms with Gasteiger partial charge in [0.15, 0.2) is 17.4 Å². The summed E-state index contributed by atoms with van der Waals surface area (Å²) in [6.45, 7) is 6.09. The van der Waals surface area contributed by atoms with E-state index in [1.54, 1.807) is 6.26 Å². The maximum absolute atomic E-state index is 12.1. The van der Waals surface area contributed by atoms with Gasteiger partial charge in [-0.3, -0.25) is 4.79 Å². The highest BCUT2D eigenvalue weighted by molar-refractivity contribution is 7.15. The number of aromatic nitrogens is 1. The van der Waals surface area contributed by atoms with Crippen LogP contribution >= 0.6 is 22.9 Å². The molecule has 0 fully saturated rings. The smallest absolute Gasteiger partial charge is 0.258 e. The molecular formula is C19H19ClN2O3S. The van der Waals surface area contributed by atoms with Gasteiger partial charge in [0.25, 0.3) is 5.91 Å². The van der Waals surface area contributed by atoms with Gasteiger partial charge in [0.2, 0.25) is 0 Å². The van der Waals surface area contributed by atoms with E-state index >= 15 is 0 Å². The first-order chi connectivity index (χ1) is 12.4. The molecule has 3 aromatic rings. The zero-order valence-electron chi connectivity index (χ0n) is 14.8. The molecule has 0 aliphatic rings. The lowest BCUT2D eigenvalue weighted by atomic mass is 10.1. The topological polar surface area (TPSA) is 64.4 Å². The van der Waals surface area contributed by atoms with Gasteiger partial charge in [-0.05, 0) is 56.2 Å². The molecule has 2 aromatic heterocycles. The number of carbonyl (C=O) groups is 1. The summed E-state index contributed by atoms with van der Waals surface area (Å²) in [5, 5.41) is 4.38. The fraction of sp³-hybridized carbons (Fsp3) is 0.263. The maximum atomic E-state index is 12.1. The number of nitrogens with zero attached hydrogens (tertiary/aromatic N) is 1. The molecule has 0 atom stereocenters. The van der Waals surface area contributed by atoms with E-state index in [1.807, 2.05) is 45.0 Å². The van der Waals surface area contributed by atoms with Gasteiger partial charge in [-0.1, -0.05) is 11.6 Å². The summed E-state index contributed by atoms with van der Waals surface area (Å²) in [5.41, 5.74) is 2.73. The zero-order chi connectivity index (χ0) is 18.7. The largest absolute Gasteiger partial charge is 0.484 e. The Morgan fingerprint density at radius 1 is 1.31 bits per heavy atom. The summed E-state index contributed by atoms with van der Waals surface area (Å²) in [5.74, 6) is 1.17. The molecule has 2 heterocycles. The van der Waals surface area contributed by atoms with Crippen LogP contribution in [0.4, 0.5) is 0 Å². The molecule has 0 saturated heterocycles. The second kappa shape index (κ2) is 7.93. The third-order valence-corrected chi connectivity index (χ3v) is 5.62. The second-order valence-electron chi connectivity index (χ2n) is 5.94. The lowest BCUT2D eigenvalue weighted by Gasteiger charge is -2.10. The summed E-state index contributed by atoms with van der Waals surface area (Å²) in [6.07, 6.45) is 1.62. The van der Waals surface area contributed by atoms with Crippen molar-refractivity contribution in [2.24, 2.45) is 0 Å². The lowest BCUT2D eigenvalue weighted by Crippen LogP contribution is -2.28. The summed E-state index contributed by atoms with van der Waals surface area (Å²) >= 11 is 7.64. The molecule has 0 aliphatic carbocycles. The minimum absolute atomic E-state index is 0.0522. The number of benzene rings is 1. The Balaban J connectivity index is 1.55. The summed E-state index contributed by atoms with van der Waals surface area (Å²) in [6, 6.07) is 7.34. The first-order valence-electron chi connectivity index (χ1n) is 8.10. The number of halogens is 1. The fourth-order valence-corrected chi connectivity index (χ4v) is 3.55. The summed E-state index contributed by atoms with van der Waals surface area (Å²) in [4.78, 5) is 17.5. The Morgan fingerprint density at radius 2 is 2.04 bits per heavy atom. The van der Waals surface area contributed by atoms with E-state index in [0.29, 0.717) is 12.3 Å². The average molecular weight is 391 g/mol. The number of thiazole rings is 1. The monoisotopic (exact) mass is 390 g/mol. The molecule has 0 spiro atoms. The Labute approximate surface area is 161 Å². The van der Waals surface area contributed by atoms with Crippen LogP contribution in [0.25, 0.3) is 10.8 Å². The van der Waals surface area contributed by atoms with Crippen LogP contribution in [0.15, 0.2) is 34.9 Å². The number of hydrogen-bond acceptors (Lipinski definition) is 5. The van der Waals surface area contributed by atoms with Crippen LogP contribution in [0.5, 0.6) is 5.75 Å². The average Bonchev–Trinajstić information content (AvgIpc) is 3.25. The Morgan fingerprint density at radius 3 is 2.69 bits per heavy atom. The number of ether oxygens (including phenoxy) is 1. The molecule has 0 aliphatic heterocycles. The first-order valence-corrected chi connectivity index (χ1v) is 9.30. The quantitative estimate of drug-likeness (QED) is 0.663. The number of carbonyl (C=O) groups excluding carboxylic acids is 1. The maximum Gasteiger partial charge on any atom is 0.258 e. The third-order valence-electron chi connectivity index (χ3n) is 3.85. The Hall–Kier alpha value is -2.31. The number of hydrogen-bond donors (Lipinski definition) is 1. The molecule has 3 rings (SSSR count). The molecule has 0 bridgehead atoms. The van der Waals surface area contributed by atoms with Gasteiger partial charge in [-0.15, -0.1) is 11.3 Å². The van der Waals surface area contributed by atoms with E-state index in [9.17, 15) is 4.79 Å². The predicted molar refractivity (Wildman–Crippen MR) is 103 cm³/mol. The van der Waals surface area contributed by atoms with E-state index in [-0.39, 0.29) is 12.5 Å². The van der Waals surface area contributed by atoms with Crippen molar-refractivity contribution in [3.8, 4) is 16.5 Å². The van der Waals surface area contributed by atoms with E-state index in [1.165, 1.54) is 11.3 Å². The Kier molecular flexibility index (Phi) is 5.64. The number of rotatable bonds is 6. The van der Waals surface area contributed by atoms with Crippen molar-refractivity contribution in [2.45, 2.75) is 27.3 Å². The van der Waals surface area contributed by atoms with Crippen LogP contribution in [0, 0.1) is 20.8 Å². The van der Waals surface area contributed by atoms with Crippen molar-refractivity contribution in [3.63, 3.8) is 0 Å². The van der Waals surface area contributed by atoms with Crippen LogP contribution in [-0.2, 0) is 11.3 Å². The van der Waals surface area contributed by atoms with E-state index in [4.69, 9.17) is 20.8 Å². The molecule has 7 heteroatoms.